The first-order valence-corrected chi connectivity index (χ1v) is 8.23. The zero-order valence-corrected chi connectivity index (χ0v) is 15.3. The molecule has 0 saturated carbocycles. The third-order valence-corrected chi connectivity index (χ3v) is 4.02. The van der Waals surface area contributed by atoms with Crippen LogP contribution in [0, 0.1) is 26.6 Å². The van der Waals surface area contributed by atoms with Crippen molar-refractivity contribution in [1.82, 2.24) is 0 Å². The number of carbonyl (C=O) groups excluding carboxylic acids is 2. The number of anilines is 1. The average molecular weight is 359 g/mol. The predicted molar refractivity (Wildman–Crippen MR) is 96.7 cm³/mol. The number of carbonyl (C=O) groups is 2. The highest BCUT2D eigenvalue weighted by atomic mass is 19.1. The fourth-order valence-electron chi connectivity index (χ4n) is 2.22. The van der Waals surface area contributed by atoms with E-state index in [4.69, 9.17) is 9.47 Å². The molecule has 138 valence electrons. The Morgan fingerprint density at radius 1 is 1.12 bits per heavy atom. The van der Waals surface area contributed by atoms with E-state index in [0.29, 0.717) is 17.0 Å². The van der Waals surface area contributed by atoms with Gasteiger partial charge in [-0.25, -0.2) is 9.18 Å². The summed E-state index contributed by atoms with van der Waals surface area (Å²) in [5.74, 6) is -1.04. The summed E-state index contributed by atoms with van der Waals surface area (Å²) in [5, 5.41) is 2.51. The van der Waals surface area contributed by atoms with Crippen LogP contribution >= 0.6 is 0 Å². The molecular formula is C20H22FNO4. The van der Waals surface area contributed by atoms with Gasteiger partial charge in [-0.3, -0.25) is 4.79 Å². The van der Waals surface area contributed by atoms with Crippen LogP contribution in [-0.4, -0.2) is 24.6 Å². The summed E-state index contributed by atoms with van der Waals surface area (Å²) in [6.45, 7) is 6.60. The standard InChI is InChI=1S/C20H22FNO4/c1-12-6-5-7-18(14(12)3)25-11-19(23)26-15(4)20(24)22-16-9-8-13(2)17(21)10-16/h5-10,15H,11H2,1-4H3,(H,22,24)/t15-/m0/s1. The highest BCUT2D eigenvalue weighted by Gasteiger charge is 2.19. The Labute approximate surface area is 152 Å². The number of halogens is 1. The van der Waals surface area contributed by atoms with Crippen molar-refractivity contribution in [2.75, 3.05) is 11.9 Å². The summed E-state index contributed by atoms with van der Waals surface area (Å²) in [6, 6.07) is 9.89. The quantitative estimate of drug-likeness (QED) is 0.799. The maximum atomic E-state index is 13.5. The van der Waals surface area contributed by atoms with E-state index in [1.165, 1.54) is 13.0 Å². The third kappa shape index (κ3) is 5.05. The van der Waals surface area contributed by atoms with Crippen molar-refractivity contribution in [3.05, 3.63) is 58.9 Å². The zero-order chi connectivity index (χ0) is 19.3. The van der Waals surface area contributed by atoms with Crippen LogP contribution in [0.1, 0.15) is 23.6 Å². The minimum atomic E-state index is -1.03. The Bertz CT molecular complexity index is 819. The van der Waals surface area contributed by atoms with Crippen molar-refractivity contribution in [3.8, 4) is 5.75 Å². The number of esters is 1. The lowest BCUT2D eigenvalue weighted by molar-refractivity contribution is -0.155. The Hall–Kier alpha value is -2.89. The molecule has 6 heteroatoms. The molecule has 1 amide bonds. The second kappa shape index (κ2) is 8.47. The van der Waals surface area contributed by atoms with Crippen LogP contribution in [0.5, 0.6) is 5.75 Å². The number of benzene rings is 2. The molecule has 26 heavy (non-hydrogen) atoms. The molecule has 1 N–H and O–H groups in total. The molecule has 5 nitrogen and oxygen atoms in total. The average Bonchev–Trinajstić information content (AvgIpc) is 2.59. The van der Waals surface area contributed by atoms with Gasteiger partial charge in [0.05, 0.1) is 0 Å². The van der Waals surface area contributed by atoms with E-state index in [1.54, 1.807) is 25.1 Å². The first-order valence-electron chi connectivity index (χ1n) is 8.23. The maximum absolute atomic E-state index is 13.5. The number of nitrogens with one attached hydrogen (secondary N) is 1. The molecule has 0 unspecified atom stereocenters. The Kier molecular flexibility index (Phi) is 6.33. The maximum Gasteiger partial charge on any atom is 0.344 e. The van der Waals surface area contributed by atoms with Crippen LogP contribution in [-0.2, 0) is 14.3 Å². The first kappa shape index (κ1) is 19.4. The van der Waals surface area contributed by atoms with E-state index >= 15 is 0 Å². The van der Waals surface area contributed by atoms with Gasteiger partial charge < -0.3 is 14.8 Å². The van der Waals surface area contributed by atoms with Crippen molar-refractivity contribution in [3.63, 3.8) is 0 Å². The molecule has 0 heterocycles. The lowest BCUT2D eigenvalue weighted by Gasteiger charge is -2.15. The highest BCUT2D eigenvalue weighted by Crippen LogP contribution is 2.20. The summed E-state index contributed by atoms with van der Waals surface area (Å²) in [6.07, 6.45) is -1.03. The molecule has 0 spiro atoms. The second-order valence-corrected chi connectivity index (χ2v) is 6.07. The van der Waals surface area contributed by atoms with Crippen LogP contribution in [0.2, 0.25) is 0 Å². The minimum Gasteiger partial charge on any atom is -0.482 e. The van der Waals surface area contributed by atoms with E-state index in [-0.39, 0.29) is 6.61 Å². The fraction of sp³-hybridized carbons (Fsp3) is 0.300. The number of amides is 1. The third-order valence-electron chi connectivity index (χ3n) is 4.02. The van der Waals surface area contributed by atoms with Gasteiger partial charge in [-0.2, -0.15) is 0 Å². The minimum absolute atomic E-state index is 0.299. The van der Waals surface area contributed by atoms with Gasteiger partial charge in [-0.05, 0) is 62.6 Å². The van der Waals surface area contributed by atoms with E-state index < -0.39 is 23.8 Å². The molecule has 0 saturated heterocycles. The van der Waals surface area contributed by atoms with Gasteiger partial charge in [0.25, 0.3) is 5.91 Å². The molecule has 0 aliphatic rings. The molecule has 0 aliphatic carbocycles. The summed E-state index contributed by atoms with van der Waals surface area (Å²) < 4.78 is 24.0. The van der Waals surface area contributed by atoms with Crippen molar-refractivity contribution in [2.24, 2.45) is 0 Å². The van der Waals surface area contributed by atoms with Crippen LogP contribution < -0.4 is 10.1 Å². The molecule has 1 atom stereocenters. The SMILES string of the molecule is Cc1ccc(NC(=O)[C@H](C)OC(=O)COc2cccc(C)c2C)cc1F. The number of rotatable bonds is 6. The van der Waals surface area contributed by atoms with Crippen LogP contribution in [0.3, 0.4) is 0 Å². The number of aryl methyl sites for hydroxylation is 2. The summed E-state index contributed by atoms with van der Waals surface area (Å²) in [5.41, 5.74) is 2.76. The Morgan fingerprint density at radius 3 is 2.54 bits per heavy atom. The number of hydrogen-bond donors (Lipinski definition) is 1. The largest absolute Gasteiger partial charge is 0.482 e. The van der Waals surface area contributed by atoms with Crippen molar-refractivity contribution in [2.45, 2.75) is 33.8 Å². The van der Waals surface area contributed by atoms with E-state index in [1.807, 2.05) is 26.0 Å². The molecule has 2 aromatic rings. The number of ether oxygens (including phenoxy) is 2. The van der Waals surface area contributed by atoms with Gasteiger partial charge in [-0.15, -0.1) is 0 Å². The highest BCUT2D eigenvalue weighted by molar-refractivity contribution is 5.95. The van der Waals surface area contributed by atoms with Gasteiger partial charge in [0.1, 0.15) is 11.6 Å². The van der Waals surface area contributed by atoms with E-state index in [0.717, 1.165) is 11.1 Å². The molecule has 0 aromatic heterocycles. The van der Waals surface area contributed by atoms with Gasteiger partial charge in [0.15, 0.2) is 12.7 Å². The molecule has 0 bridgehead atoms. The normalized spacial score (nSPS) is 11.6. The topological polar surface area (TPSA) is 64.6 Å². The van der Waals surface area contributed by atoms with Crippen molar-refractivity contribution < 1.29 is 23.5 Å². The molecule has 2 rings (SSSR count). The predicted octanol–water partition coefficient (Wildman–Crippen LogP) is 3.70. The van der Waals surface area contributed by atoms with Gasteiger partial charge in [0, 0.05) is 5.69 Å². The summed E-state index contributed by atoms with van der Waals surface area (Å²) in [7, 11) is 0. The van der Waals surface area contributed by atoms with Crippen LogP contribution in [0.4, 0.5) is 10.1 Å². The van der Waals surface area contributed by atoms with Crippen molar-refractivity contribution >= 4 is 17.6 Å². The molecule has 0 fully saturated rings. The van der Waals surface area contributed by atoms with Crippen LogP contribution in [0.15, 0.2) is 36.4 Å². The Balaban J connectivity index is 1.86. The Morgan fingerprint density at radius 2 is 1.85 bits per heavy atom. The summed E-state index contributed by atoms with van der Waals surface area (Å²) >= 11 is 0. The zero-order valence-electron chi connectivity index (χ0n) is 15.3. The fourth-order valence-corrected chi connectivity index (χ4v) is 2.22. The molecule has 0 radical (unpaired) electrons. The monoisotopic (exact) mass is 359 g/mol. The lowest BCUT2D eigenvalue weighted by atomic mass is 10.1. The molecular weight excluding hydrogens is 337 g/mol. The second-order valence-electron chi connectivity index (χ2n) is 6.07. The molecule has 2 aromatic carbocycles. The smallest absolute Gasteiger partial charge is 0.344 e. The van der Waals surface area contributed by atoms with Gasteiger partial charge >= 0.3 is 5.97 Å². The van der Waals surface area contributed by atoms with E-state index in [9.17, 15) is 14.0 Å². The van der Waals surface area contributed by atoms with E-state index in [2.05, 4.69) is 5.32 Å². The van der Waals surface area contributed by atoms with Crippen LogP contribution in [0.25, 0.3) is 0 Å². The van der Waals surface area contributed by atoms with Gasteiger partial charge in [0.2, 0.25) is 0 Å². The lowest BCUT2D eigenvalue weighted by Crippen LogP contribution is -2.31. The number of hydrogen-bond acceptors (Lipinski definition) is 4. The van der Waals surface area contributed by atoms with Gasteiger partial charge in [-0.1, -0.05) is 18.2 Å². The van der Waals surface area contributed by atoms with Crippen molar-refractivity contribution in [1.29, 1.82) is 0 Å². The molecule has 0 aliphatic heterocycles. The summed E-state index contributed by atoms with van der Waals surface area (Å²) in [4.78, 5) is 24.0. The first-order chi connectivity index (χ1) is 12.3.